The van der Waals surface area contributed by atoms with Crippen molar-refractivity contribution in [3.05, 3.63) is 12.7 Å². The van der Waals surface area contributed by atoms with Gasteiger partial charge in [0.1, 0.15) is 5.92 Å². The van der Waals surface area contributed by atoms with E-state index in [-0.39, 0.29) is 13.0 Å². The summed E-state index contributed by atoms with van der Waals surface area (Å²) in [6.07, 6.45) is 1.67. The third-order valence-corrected chi connectivity index (χ3v) is 1.61. The molecule has 0 bridgehead atoms. The van der Waals surface area contributed by atoms with Crippen LogP contribution in [0.2, 0.25) is 0 Å². The molecule has 0 saturated heterocycles. The van der Waals surface area contributed by atoms with Crippen LogP contribution in [0.15, 0.2) is 12.7 Å². The first-order valence-electron chi connectivity index (χ1n) is 3.94. The van der Waals surface area contributed by atoms with Crippen LogP contribution < -0.4 is 5.84 Å². The van der Waals surface area contributed by atoms with Gasteiger partial charge in [-0.25, -0.2) is 5.84 Å². The smallest absolute Gasteiger partial charge is 0.316 e. The van der Waals surface area contributed by atoms with E-state index in [9.17, 15) is 9.59 Å². The van der Waals surface area contributed by atoms with Gasteiger partial charge in [-0.2, -0.15) is 0 Å². The SMILES string of the molecule is C=CCN(N)C(=O)C(CC)C(=O)O. The average molecular weight is 186 g/mol. The van der Waals surface area contributed by atoms with Gasteiger partial charge in [-0.1, -0.05) is 13.0 Å². The van der Waals surface area contributed by atoms with Crippen molar-refractivity contribution < 1.29 is 14.7 Å². The van der Waals surface area contributed by atoms with Gasteiger partial charge in [0.05, 0.1) is 6.54 Å². The number of carboxylic acid groups (broad SMARTS) is 1. The molecule has 5 nitrogen and oxygen atoms in total. The number of aliphatic carboxylic acids is 1. The maximum absolute atomic E-state index is 11.3. The maximum Gasteiger partial charge on any atom is 0.316 e. The van der Waals surface area contributed by atoms with Crippen molar-refractivity contribution in [1.29, 1.82) is 0 Å². The summed E-state index contributed by atoms with van der Waals surface area (Å²) in [5.41, 5.74) is 0. The number of nitrogens with two attached hydrogens (primary N) is 1. The van der Waals surface area contributed by atoms with E-state index in [2.05, 4.69) is 6.58 Å². The highest BCUT2D eigenvalue weighted by Crippen LogP contribution is 2.05. The highest BCUT2D eigenvalue weighted by Gasteiger charge is 2.26. The zero-order valence-electron chi connectivity index (χ0n) is 7.56. The largest absolute Gasteiger partial charge is 0.481 e. The van der Waals surface area contributed by atoms with E-state index in [0.717, 1.165) is 5.01 Å². The molecule has 3 N–H and O–H groups in total. The summed E-state index contributed by atoms with van der Waals surface area (Å²) in [6.45, 7) is 5.17. The minimum Gasteiger partial charge on any atom is -0.481 e. The topological polar surface area (TPSA) is 83.6 Å². The Bertz CT molecular complexity index is 215. The molecule has 0 aliphatic carbocycles. The Morgan fingerprint density at radius 1 is 1.69 bits per heavy atom. The number of rotatable bonds is 5. The molecule has 0 fully saturated rings. The third kappa shape index (κ3) is 3.25. The first-order chi connectivity index (χ1) is 6.04. The fourth-order valence-corrected chi connectivity index (χ4v) is 0.884. The lowest BCUT2D eigenvalue weighted by Crippen LogP contribution is -2.43. The maximum atomic E-state index is 11.3. The zero-order chi connectivity index (χ0) is 10.4. The molecule has 0 aromatic heterocycles. The van der Waals surface area contributed by atoms with Crippen LogP contribution in [0.5, 0.6) is 0 Å². The van der Waals surface area contributed by atoms with E-state index in [1.54, 1.807) is 6.92 Å². The number of hydrogen-bond donors (Lipinski definition) is 2. The van der Waals surface area contributed by atoms with Crippen LogP contribution in [0.3, 0.4) is 0 Å². The normalized spacial score (nSPS) is 11.8. The summed E-state index contributed by atoms with van der Waals surface area (Å²) in [7, 11) is 0. The van der Waals surface area contributed by atoms with Crippen LogP contribution in [0.25, 0.3) is 0 Å². The van der Waals surface area contributed by atoms with Crippen LogP contribution in [-0.2, 0) is 9.59 Å². The van der Waals surface area contributed by atoms with Gasteiger partial charge < -0.3 is 5.11 Å². The third-order valence-electron chi connectivity index (χ3n) is 1.61. The molecule has 13 heavy (non-hydrogen) atoms. The molecular formula is C8H14N2O3. The van der Waals surface area contributed by atoms with Gasteiger partial charge in [-0.15, -0.1) is 6.58 Å². The van der Waals surface area contributed by atoms with Gasteiger partial charge in [-0.05, 0) is 6.42 Å². The standard InChI is InChI=1S/C8H14N2O3/c1-3-5-10(9)7(11)6(4-2)8(12)13/h3,6H,1,4-5,9H2,2H3,(H,12,13). The van der Waals surface area contributed by atoms with Gasteiger partial charge in [0, 0.05) is 0 Å². The Hall–Kier alpha value is -1.36. The number of nitrogens with zero attached hydrogens (tertiary/aromatic N) is 1. The molecule has 1 amide bonds. The lowest BCUT2D eigenvalue weighted by atomic mass is 10.1. The quantitative estimate of drug-likeness (QED) is 0.208. The summed E-state index contributed by atoms with van der Waals surface area (Å²) < 4.78 is 0. The van der Waals surface area contributed by atoms with Crippen molar-refractivity contribution in [2.45, 2.75) is 13.3 Å². The van der Waals surface area contributed by atoms with Crippen molar-refractivity contribution in [3.63, 3.8) is 0 Å². The van der Waals surface area contributed by atoms with Crippen LogP contribution >= 0.6 is 0 Å². The van der Waals surface area contributed by atoms with Crippen molar-refractivity contribution in [2.75, 3.05) is 6.54 Å². The summed E-state index contributed by atoms with van der Waals surface area (Å²) >= 11 is 0. The zero-order valence-corrected chi connectivity index (χ0v) is 7.56. The molecule has 0 saturated carbocycles. The molecule has 1 atom stereocenters. The second-order valence-electron chi connectivity index (χ2n) is 2.58. The molecule has 5 heteroatoms. The molecular weight excluding hydrogens is 172 g/mol. The van der Waals surface area contributed by atoms with Crippen molar-refractivity contribution in [2.24, 2.45) is 11.8 Å². The number of carbonyl (C=O) groups is 2. The second-order valence-corrected chi connectivity index (χ2v) is 2.58. The van der Waals surface area contributed by atoms with Crippen LogP contribution in [-0.4, -0.2) is 28.5 Å². The lowest BCUT2D eigenvalue weighted by molar-refractivity contribution is -0.151. The monoisotopic (exact) mass is 186 g/mol. The first-order valence-corrected chi connectivity index (χ1v) is 3.94. The molecule has 1 unspecified atom stereocenters. The molecule has 0 heterocycles. The van der Waals surface area contributed by atoms with Crippen molar-refractivity contribution in [3.8, 4) is 0 Å². The summed E-state index contributed by atoms with van der Waals surface area (Å²) in [5, 5.41) is 9.49. The number of hydrazine groups is 1. The minimum atomic E-state index is -1.15. The van der Waals surface area contributed by atoms with Gasteiger partial charge in [-0.3, -0.25) is 14.6 Å². The minimum absolute atomic E-state index is 0.155. The Balaban J connectivity index is 4.36. The Kier molecular flexibility index (Phi) is 4.76. The molecule has 0 aliphatic heterocycles. The lowest BCUT2D eigenvalue weighted by Gasteiger charge is -2.18. The number of carboxylic acids is 1. The average Bonchev–Trinajstić information content (AvgIpc) is 2.05. The fraction of sp³-hybridized carbons (Fsp3) is 0.500. The van der Waals surface area contributed by atoms with Gasteiger partial charge in [0.2, 0.25) is 0 Å². The van der Waals surface area contributed by atoms with Gasteiger partial charge in [0.25, 0.3) is 5.91 Å². The molecule has 0 aliphatic rings. The summed E-state index contributed by atoms with van der Waals surface area (Å²) in [6, 6.07) is 0. The van der Waals surface area contributed by atoms with E-state index >= 15 is 0 Å². The molecule has 0 radical (unpaired) electrons. The number of hydrogen-bond acceptors (Lipinski definition) is 3. The van der Waals surface area contributed by atoms with Gasteiger partial charge in [0.15, 0.2) is 0 Å². The van der Waals surface area contributed by atoms with E-state index in [0.29, 0.717) is 0 Å². The highest BCUT2D eigenvalue weighted by atomic mass is 16.4. The van der Waals surface area contributed by atoms with Crippen LogP contribution in [0.4, 0.5) is 0 Å². The van der Waals surface area contributed by atoms with E-state index < -0.39 is 17.8 Å². The predicted molar refractivity (Wildman–Crippen MR) is 47.5 cm³/mol. The molecule has 0 rings (SSSR count). The van der Waals surface area contributed by atoms with Crippen LogP contribution in [0.1, 0.15) is 13.3 Å². The van der Waals surface area contributed by atoms with E-state index in [4.69, 9.17) is 10.9 Å². The first kappa shape index (κ1) is 11.6. The Morgan fingerprint density at radius 2 is 2.23 bits per heavy atom. The van der Waals surface area contributed by atoms with Crippen LogP contribution in [0, 0.1) is 5.92 Å². The Morgan fingerprint density at radius 3 is 2.54 bits per heavy atom. The number of carbonyl (C=O) groups excluding carboxylic acids is 1. The second kappa shape index (κ2) is 5.31. The molecule has 0 aromatic rings. The Labute approximate surface area is 76.8 Å². The van der Waals surface area contributed by atoms with E-state index in [1.165, 1.54) is 6.08 Å². The van der Waals surface area contributed by atoms with Crippen molar-refractivity contribution in [1.82, 2.24) is 5.01 Å². The number of amides is 1. The van der Waals surface area contributed by atoms with E-state index in [1.807, 2.05) is 0 Å². The summed E-state index contributed by atoms with van der Waals surface area (Å²) in [4.78, 5) is 21.8. The van der Waals surface area contributed by atoms with Gasteiger partial charge >= 0.3 is 5.97 Å². The summed E-state index contributed by atoms with van der Waals surface area (Å²) in [5.74, 6) is 2.51. The van der Waals surface area contributed by atoms with Crippen molar-refractivity contribution >= 4 is 11.9 Å². The fourth-order valence-electron chi connectivity index (χ4n) is 0.884. The predicted octanol–water partition coefficient (Wildman–Crippen LogP) is -0.0145. The molecule has 0 spiro atoms. The molecule has 74 valence electrons. The highest BCUT2D eigenvalue weighted by molar-refractivity contribution is 5.96. The molecule has 0 aromatic carbocycles.